The van der Waals surface area contributed by atoms with Crippen LogP contribution in [0, 0.1) is 11.7 Å². The monoisotopic (exact) mass is 385 g/mol. The lowest BCUT2D eigenvalue weighted by molar-refractivity contribution is 0.391. The van der Waals surface area contributed by atoms with Gasteiger partial charge in [-0.15, -0.1) is 11.6 Å². The second-order valence-electron chi connectivity index (χ2n) is 4.81. The molecule has 114 valence electrons. The molecule has 20 heavy (non-hydrogen) atoms. The fourth-order valence-electron chi connectivity index (χ4n) is 1.74. The third kappa shape index (κ3) is 3.93. The van der Waals surface area contributed by atoms with E-state index in [0.717, 1.165) is 6.42 Å². The van der Waals surface area contributed by atoms with Crippen LogP contribution in [-0.4, -0.2) is 26.3 Å². The molecule has 0 spiro atoms. The minimum atomic E-state index is -3.86. The summed E-state index contributed by atoms with van der Waals surface area (Å²) < 4.78 is 40.8. The molecule has 1 unspecified atom stereocenters. The van der Waals surface area contributed by atoms with E-state index in [9.17, 15) is 12.8 Å². The molecule has 0 radical (unpaired) electrons. The molecule has 0 N–H and O–H groups in total. The van der Waals surface area contributed by atoms with Gasteiger partial charge in [0.25, 0.3) is 0 Å². The Labute approximate surface area is 133 Å². The molecule has 3 nitrogen and oxygen atoms in total. The highest BCUT2D eigenvalue weighted by Crippen LogP contribution is 2.27. The lowest BCUT2D eigenvalue weighted by atomic mass is 10.1. The topological polar surface area (TPSA) is 37.4 Å². The molecule has 0 saturated heterocycles. The molecule has 1 atom stereocenters. The summed E-state index contributed by atoms with van der Waals surface area (Å²) in [6.45, 7) is 4.28. The quantitative estimate of drug-likeness (QED) is 0.693. The molecular formula is C13H18BrClFNO2S. The van der Waals surface area contributed by atoms with Gasteiger partial charge >= 0.3 is 0 Å². The van der Waals surface area contributed by atoms with E-state index in [2.05, 4.69) is 15.9 Å². The Balaban J connectivity index is 3.25. The van der Waals surface area contributed by atoms with Crippen LogP contribution < -0.4 is 0 Å². The maximum Gasteiger partial charge on any atom is 0.245 e. The van der Waals surface area contributed by atoms with Gasteiger partial charge < -0.3 is 0 Å². The SMILES string of the molecule is CCC(C)CN(C)S(=O)(=O)c1cc(Br)cc(CCl)c1F. The number of benzene rings is 1. The highest BCUT2D eigenvalue weighted by atomic mass is 79.9. The first-order valence-electron chi connectivity index (χ1n) is 6.24. The Morgan fingerprint density at radius 3 is 2.55 bits per heavy atom. The normalized spacial score (nSPS) is 13.8. The zero-order chi connectivity index (χ0) is 15.5. The van der Waals surface area contributed by atoms with Crippen molar-refractivity contribution in [1.82, 2.24) is 4.31 Å². The van der Waals surface area contributed by atoms with E-state index in [-0.39, 0.29) is 22.3 Å². The molecule has 0 bridgehead atoms. The van der Waals surface area contributed by atoms with Crippen molar-refractivity contribution < 1.29 is 12.8 Å². The van der Waals surface area contributed by atoms with E-state index >= 15 is 0 Å². The molecule has 0 aliphatic heterocycles. The molecule has 0 amide bonds. The molecule has 0 aromatic heterocycles. The first kappa shape index (κ1) is 17.9. The van der Waals surface area contributed by atoms with Gasteiger partial charge in [0.15, 0.2) is 0 Å². The van der Waals surface area contributed by atoms with Crippen molar-refractivity contribution in [3.63, 3.8) is 0 Å². The number of alkyl halides is 1. The van der Waals surface area contributed by atoms with E-state index in [1.54, 1.807) is 0 Å². The van der Waals surface area contributed by atoms with Crippen molar-refractivity contribution in [1.29, 1.82) is 0 Å². The third-order valence-electron chi connectivity index (χ3n) is 3.18. The van der Waals surface area contributed by atoms with Gasteiger partial charge in [0.2, 0.25) is 10.0 Å². The van der Waals surface area contributed by atoms with Crippen molar-refractivity contribution in [3.8, 4) is 0 Å². The zero-order valence-corrected chi connectivity index (χ0v) is 14.8. The van der Waals surface area contributed by atoms with Crippen molar-refractivity contribution in [2.75, 3.05) is 13.6 Å². The summed E-state index contributed by atoms with van der Waals surface area (Å²) in [6, 6.07) is 2.75. The van der Waals surface area contributed by atoms with E-state index in [1.807, 2.05) is 13.8 Å². The second-order valence-corrected chi connectivity index (χ2v) is 8.01. The molecule has 0 heterocycles. The molecule has 0 aliphatic rings. The van der Waals surface area contributed by atoms with E-state index in [0.29, 0.717) is 11.0 Å². The van der Waals surface area contributed by atoms with Gasteiger partial charge in [0.05, 0.1) is 5.88 Å². The van der Waals surface area contributed by atoms with Crippen molar-refractivity contribution in [2.45, 2.75) is 31.0 Å². The van der Waals surface area contributed by atoms with Crippen LogP contribution in [0.5, 0.6) is 0 Å². The number of hydrogen-bond acceptors (Lipinski definition) is 2. The van der Waals surface area contributed by atoms with Crippen molar-refractivity contribution >= 4 is 37.6 Å². The van der Waals surface area contributed by atoms with Gasteiger partial charge in [-0.2, -0.15) is 0 Å². The van der Waals surface area contributed by atoms with Gasteiger partial charge in [-0.25, -0.2) is 17.1 Å². The molecule has 0 aliphatic carbocycles. The van der Waals surface area contributed by atoms with Crippen LogP contribution in [0.1, 0.15) is 25.8 Å². The number of hydrogen-bond donors (Lipinski definition) is 0. The predicted octanol–water partition coefficient (Wildman–Crippen LogP) is 3.99. The molecule has 1 rings (SSSR count). The van der Waals surface area contributed by atoms with Gasteiger partial charge in [-0.05, 0) is 18.1 Å². The summed E-state index contributed by atoms with van der Waals surface area (Å²) in [7, 11) is -2.40. The molecule has 1 aromatic rings. The van der Waals surface area contributed by atoms with Gasteiger partial charge in [0, 0.05) is 23.6 Å². The Hall–Kier alpha value is -0.170. The van der Waals surface area contributed by atoms with E-state index < -0.39 is 15.8 Å². The van der Waals surface area contributed by atoms with Gasteiger partial charge in [-0.3, -0.25) is 0 Å². The van der Waals surface area contributed by atoms with Crippen molar-refractivity contribution in [2.24, 2.45) is 5.92 Å². The highest BCUT2D eigenvalue weighted by molar-refractivity contribution is 9.10. The third-order valence-corrected chi connectivity index (χ3v) is 5.75. The number of rotatable bonds is 6. The predicted molar refractivity (Wildman–Crippen MR) is 82.9 cm³/mol. The first-order chi connectivity index (χ1) is 9.23. The first-order valence-corrected chi connectivity index (χ1v) is 9.01. The summed E-state index contributed by atoms with van der Waals surface area (Å²) in [5.74, 6) is -0.653. The van der Waals surface area contributed by atoms with Gasteiger partial charge in [0.1, 0.15) is 10.7 Å². The largest absolute Gasteiger partial charge is 0.245 e. The highest BCUT2D eigenvalue weighted by Gasteiger charge is 2.27. The number of halogens is 3. The van der Waals surface area contributed by atoms with Crippen LogP contribution in [0.15, 0.2) is 21.5 Å². The van der Waals surface area contributed by atoms with Crippen LogP contribution in [0.25, 0.3) is 0 Å². The Morgan fingerprint density at radius 2 is 2.05 bits per heavy atom. The molecular weight excluding hydrogens is 369 g/mol. The maximum absolute atomic E-state index is 14.2. The van der Waals surface area contributed by atoms with E-state index in [4.69, 9.17) is 11.6 Å². The fraction of sp³-hybridized carbons (Fsp3) is 0.538. The number of nitrogens with zero attached hydrogens (tertiary/aromatic N) is 1. The molecule has 0 saturated carbocycles. The van der Waals surface area contributed by atoms with E-state index in [1.165, 1.54) is 23.5 Å². The van der Waals surface area contributed by atoms with Crippen molar-refractivity contribution in [3.05, 3.63) is 28.0 Å². The average molecular weight is 387 g/mol. The average Bonchev–Trinajstić information content (AvgIpc) is 2.40. The van der Waals surface area contributed by atoms with Crippen LogP contribution >= 0.6 is 27.5 Å². The van der Waals surface area contributed by atoms with Gasteiger partial charge in [-0.1, -0.05) is 36.2 Å². The molecule has 0 fully saturated rings. The number of sulfonamides is 1. The lowest BCUT2D eigenvalue weighted by Crippen LogP contribution is -2.31. The lowest BCUT2D eigenvalue weighted by Gasteiger charge is -2.21. The zero-order valence-electron chi connectivity index (χ0n) is 11.7. The van der Waals surface area contributed by atoms with Crippen LogP contribution in [0.3, 0.4) is 0 Å². The molecule has 1 aromatic carbocycles. The summed E-state index contributed by atoms with van der Waals surface area (Å²) >= 11 is 8.83. The minimum absolute atomic E-state index is 0.0805. The fourth-order valence-corrected chi connectivity index (χ4v) is 4.01. The Morgan fingerprint density at radius 1 is 1.45 bits per heavy atom. The van der Waals surface area contributed by atoms with Crippen LogP contribution in [0.4, 0.5) is 4.39 Å². The summed E-state index contributed by atoms with van der Waals surface area (Å²) in [6.07, 6.45) is 0.855. The maximum atomic E-state index is 14.2. The second kappa shape index (κ2) is 7.20. The standard InChI is InChI=1S/C13H18BrClFNO2S/c1-4-9(2)8-17(3)20(18,19)12-6-11(14)5-10(7-15)13(12)16/h5-6,9H,4,7-8H2,1-3H3. The Bertz CT molecular complexity index is 580. The summed E-state index contributed by atoms with van der Waals surface area (Å²) in [5, 5.41) is 0. The summed E-state index contributed by atoms with van der Waals surface area (Å²) in [4.78, 5) is -0.340. The molecule has 7 heteroatoms. The Kier molecular flexibility index (Phi) is 6.44. The smallest absolute Gasteiger partial charge is 0.207 e. The van der Waals surface area contributed by atoms with Crippen LogP contribution in [-0.2, 0) is 15.9 Å². The van der Waals surface area contributed by atoms with Crippen LogP contribution in [0.2, 0.25) is 0 Å². The summed E-state index contributed by atoms with van der Waals surface area (Å²) in [5.41, 5.74) is 0.163. The minimum Gasteiger partial charge on any atom is -0.207 e.